The van der Waals surface area contributed by atoms with Crippen molar-refractivity contribution < 1.29 is 19.1 Å². The number of hydrogen-bond acceptors (Lipinski definition) is 11. The SMILES string of the molecule is CCOC(=O)c1cnc(NCCc2ccc(Cl)cc2)[nH]c1=O.CCOC(=O)c1cnc(SC)[nH]c1=O.NCCc1ccc(Cl)cc1. The normalized spacial score (nSPS) is 10.0. The zero-order valence-electron chi connectivity index (χ0n) is 25.6. The number of H-pyrrole nitrogens is 2. The fourth-order valence-electron chi connectivity index (χ4n) is 3.47. The predicted molar refractivity (Wildman–Crippen MR) is 181 cm³/mol. The highest BCUT2D eigenvalue weighted by Gasteiger charge is 2.13. The van der Waals surface area contributed by atoms with Gasteiger partial charge >= 0.3 is 11.9 Å². The molecule has 0 amide bonds. The van der Waals surface area contributed by atoms with E-state index in [2.05, 4.69) is 30.0 Å². The summed E-state index contributed by atoms with van der Waals surface area (Å²) in [4.78, 5) is 58.6. The minimum Gasteiger partial charge on any atom is -0.462 e. The van der Waals surface area contributed by atoms with Crippen LogP contribution in [0.25, 0.3) is 0 Å². The number of aromatic nitrogens is 4. The van der Waals surface area contributed by atoms with E-state index in [1.807, 2.05) is 48.5 Å². The number of nitrogens with two attached hydrogens (primary N) is 1. The monoisotopic (exact) mass is 690 g/mol. The Balaban J connectivity index is 0.000000262. The number of nitrogens with one attached hydrogen (secondary N) is 3. The van der Waals surface area contributed by atoms with Crippen LogP contribution in [0, 0.1) is 0 Å². The van der Waals surface area contributed by atoms with Gasteiger partial charge < -0.3 is 25.5 Å². The third-order valence-corrected chi connectivity index (χ3v) is 6.82. The molecule has 0 spiro atoms. The average molecular weight is 692 g/mol. The smallest absolute Gasteiger partial charge is 0.345 e. The summed E-state index contributed by atoms with van der Waals surface area (Å²) in [5, 5.41) is 4.94. The number of aromatic amines is 2. The highest BCUT2D eigenvalue weighted by molar-refractivity contribution is 7.98. The van der Waals surface area contributed by atoms with Crippen LogP contribution in [0.3, 0.4) is 0 Å². The third-order valence-electron chi connectivity index (χ3n) is 5.72. The van der Waals surface area contributed by atoms with Gasteiger partial charge in [0.15, 0.2) is 5.16 Å². The Morgan fingerprint density at radius 2 is 1.28 bits per heavy atom. The van der Waals surface area contributed by atoms with Gasteiger partial charge in [-0.2, -0.15) is 0 Å². The van der Waals surface area contributed by atoms with Crippen LogP contribution in [-0.4, -0.2) is 64.4 Å². The molecule has 0 saturated heterocycles. The van der Waals surface area contributed by atoms with Crippen molar-refractivity contribution in [2.75, 3.05) is 37.9 Å². The van der Waals surface area contributed by atoms with E-state index in [1.165, 1.54) is 29.7 Å². The number of nitrogens with zero attached hydrogens (tertiary/aromatic N) is 2. The van der Waals surface area contributed by atoms with E-state index >= 15 is 0 Å². The Labute approximate surface area is 280 Å². The molecule has 4 aromatic rings. The lowest BCUT2D eigenvalue weighted by Gasteiger charge is -2.06. The Morgan fingerprint density at radius 3 is 1.72 bits per heavy atom. The van der Waals surface area contributed by atoms with Crippen molar-refractivity contribution in [3.05, 3.63) is 114 Å². The molecule has 46 heavy (non-hydrogen) atoms. The molecule has 0 radical (unpaired) electrons. The van der Waals surface area contributed by atoms with Gasteiger partial charge in [-0.25, -0.2) is 19.6 Å². The number of ether oxygens (including phenoxy) is 2. The molecule has 0 atom stereocenters. The molecule has 2 heterocycles. The molecule has 0 saturated carbocycles. The third kappa shape index (κ3) is 13.4. The van der Waals surface area contributed by atoms with Gasteiger partial charge in [-0.05, 0) is 74.9 Å². The van der Waals surface area contributed by atoms with Crippen molar-refractivity contribution in [2.24, 2.45) is 5.73 Å². The lowest BCUT2D eigenvalue weighted by molar-refractivity contribution is 0.0514. The number of halogens is 2. The lowest BCUT2D eigenvalue weighted by Crippen LogP contribution is -2.22. The van der Waals surface area contributed by atoms with Gasteiger partial charge in [-0.1, -0.05) is 59.2 Å². The first kappa shape index (κ1) is 38.0. The van der Waals surface area contributed by atoms with Crippen LogP contribution in [0.1, 0.15) is 45.7 Å². The molecule has 2 aromatic heterocycles. The Kier molecular flexibility index (Phi) is 17.2. The van der Waals surface area contributed by atoms with Crippen LogP contribution in [0.4, 0.5) is 5.95 Å². The molecule has 2 aromatic carbocycles. The van der Waals surface area contributed by atoms with E-state index in [-0.39, 0.29) is 24.3 Å². The first-order chi connectivity index (χ1) is 22.1. The van der Waals surface area contributed by atoms with Crippen LogP contribution < -0.4 is 22.2 Å². The van der Waals surface area contributed by atoms with Crippen molar-refractivity contribution in [1.29, 1.82) is 0 Å². The van der Waals surface area contributed by atoms with E-state index in [1.54, 1.807) is 20.1 Å². The van der Waals surface area contributed by atoms with Gasteiger partial charge in [0.25, 0.3) is 11.1 Å². The number of carbonyl (C=O) groups excluding carboxylic acids is 2. The Hall–Kier alpha value is -4.17. The van der Waals surface area contributed by atoms with Crippen molar-refractivity contribution in [2.45, 2.75) is 31.8 Å². The van der Waals surface area contributed by atoms with Crippen molar-refractivity contribution in [1.82, 2.24) is 19.9 Å². The molecular weight excluding hydrogens is 655 g/mol. The van der Waals surface area contributed by atoms with Gasteiger partial charge in [0, 0.05) is 22.8 Å². The maximum Gasteiger partial charge on any atom is 0.345 e. The molecular formula is C31H36Cl2N6O6S. The van der Waals surface area contributed by atoms with Gasteiger partial charge in [-0.15, -0.1) is 0 Å². The molecule has 12 nitrogen and oxygen atoms in total. The van der Waals surface area contributed by atoms with Crippen LogP contribution in [0.15, 0.2) is 75.7 Å². The second kappa shape index (κ2) is 20.8. The standard InChI is InChI=1S/C15H16ClN3O3.C8H10ClN.C8H10N2O3S/c1-2-22-14(21)12-9-18-15(19-13(12)20)17-8-7-10-3-5-11(16)6-4-10;9-8-3-1-7(2-4-8)5-6-10;1-3-13-7(12)5-4-9-8(14-2)10-6(5)11/h3-6,9H,2,7-8H2,1H3,(H2,17,18,19,20);1-4H,5-6,10H2;4H,3H2,1-2H3,(H,9,10,11). The minimum absolute atomic E-state index is 0.0651. The van der Waals surface area contributed by atoms with Gasteiger partial charge in [0.1, 0.15) is 11.1 Å². The van der Waals surface area contributed by atoms with Crippen molar-refractivity contribution >= 4 is 52.9 Å². The number of esters is 2. The first-order valence-electron chi connectivity index (χ1n) is 14.1. The molecule has 15 heteroatoms. The van der Waals surface area contributed by atoms with E-state index in [0.717, 1.165) is 23.4 Å². The van der Waals surface area contributed by atoms with E-state index in [9.17, 15) is 19.2 Å². The Bertz CT molecular complexity index is 1650. The summed E-state index contributed by atoms with van der Waals surface area (Å²) in [6.07, 6.45) is 5.89. The predicted octanol–water partition coefficient (Wildman–Crippen LogP) is 4.76. The summed E-state index contributed by atoms with van der Waals surface area (Å²) >= 11 is 12.8. The summed E-state index contributed by atoms with van der Waals surface area (Å²) in [6, 6.07) is 15.3. The number of benzene rings is 2. The molecule has 0 fully saturated rings. The maximum absolute atomic E-state index is 11.8. The maximum atomic E-state index is 11.8. The summed E-state index contributed by atoms with van der Waals surface area (Å²) in [5.74, 6) is -1.01. The second-order valence-electron chi connectivity index (χ2n) is 9.02. The van der Waals surface area contributed by atoms with Gasteiger partial charge in [0.05, 0.1) is 19.4 Å². The fourth-order valence-corrected chi connectivity index (χ4v) is 4.07. The molecule has 0 aliphatic carbocycles. The summed E-state index contributed by atoms with van der Waals surface area (Å²) in [5.41, 5.74) is 6.55. The quantitative estimate of drug-likeness (QED) is 0.0967. The van der Waals surface area contributed by atoms with Crippen molar-refractivity contribution in [3.63, 3.8) is 0 Å². The van der Waals surface area contributed by atoms with Gasteiger partial charge in [0.2, 0.25) is 5.95 Å². The number of carbonyl (C=O) groups is 2. The van der Waals surface area contributed by atoms with Crippen LogP contribution in [0.2, 0.25) is 10.0 Å². The summed E-state index contributed by atoms with van der Waals surface area (Å²) in [6.45, 7) is 5.08. The highest BCUT2D eigenvalue weighted by atomic mass is 35.5. The molecule has 5 N–H and O–H groups in total. The molecule has 0 aliphatic rings. The second-order valence-corrected chi connectivity index (χ2v) is 10.7. The molecule has 246 valence electrons. The fraction of sp³-hybridized carbons (Fsp3) is 0.290. The summed E-state index contributed by atoms with van der Waals surface area (Å²) < 4.78 is 9.44. The summed E-state index contributed by atoms with van der Waals surface area (Å²) in [7, 11) is 0. The molecule has 4 rings (SSSR count). The zero-order chi connectivity index (χ0) is 33.9. The lowest BCUT2D eigenvalue weighted by atomic mass is 10.1. The number of anilines is 1. The molecule has 0 aliphatic heterocycles. The highest BCUT2D eigenvalue weighted by Crippen LogP contribution is 2.11. The first-order valence-corrected chi connectivity index (χ1v) is 16.1. The van der Waals surface area contributed by atoms with Crippen molar-refractivity contribution in [3.8, 4) is 0 Å². The molecule has 0 unspecified atom stereocenters. The van der Waals surface area contributed by atoms with E-state index in [4.69, 9.17) is 33.7 Å². The average Bonchev–Trinajstić information content (AvgIpc) is 3.04. The number of rotatable bonds is 11. The molecule has 0 bridgehead atoms. The van der Waals surface area contributed by atoms with E-state index in [0.29, 0.717) is 29.2 Å². The van der Waals surface area contributed by atoms with Crippen LogP contribution in [0.5, 0.6) is 0 Å². The zero-order valence-corrected chi connectivity index (χ0v) is 27.9. The topological polar surface area (TPSA) is 182 Å². The largest absolute Gasteiger partial charge is 0.462 e. The van der Waals surface area contributed by atoms with Crippen LogP contribution in [-0.2, 0) is 22.3 Å². The van der Waals surface area contributed by atoms with Crippen LogP contribution >= 0.6 is 35.0 Å². The number of thioether (sulfide) groups is 1. The number of hydrogen-bond donors (Lipinski definition) is 4. The van der Waals surface area contributed by atoms with Gasteiger partial charge in [-0.3, -0.25) is 14.6 Å². The van der Waals surface area contributed by atoms with E-state index < -0.39 is 23.1 Å². The Morgan fingerprint density at radius 1 is 0.804 bits per heavy atom. The minimum atomic E-state index is -0.677.